The van der Waals surface area contributed by atoms with E-state index in [9.17, 15) is 0 Å². The highest BCUT2D eigenvalue weighted by Gasteiger charge is 2.16. The van der Waals surface area contributed by atoms with Gasteiger partial charge in [-0.2, -0.15) is 0 Å². The number of piperidine rings is 1. The lowest BCUT2D eigenvalue weighted by Crippen LogP contribution is -2.33. The summed E-state index contributed by atoms with van der Waals surface area (Å²) >= 11 is 0. The van der Waals surface area contributed by atoms with Gasteiger partial charge in [-0.05, 0) is 81.8 Å². The predicted molar refractivity (Wildman–Crippen MR) is 83.4 cm³/mol. The molecule has 0 bridgehead atoms. The first-order valence-corrected chi connectivity index (χ1v) is 8.11. The van der Waals surface area contributed by atoms with E-state index < -0.39 is 0 Å². The van der Waals surface area contributed by atoms with Gasteiger partial charge in [-0.15, -0.1) is 0 Å². The van der Waals surface area contributed by atoms with Crippen molar-refractivity contribution in [3.63, 3.8) is 0 Å². The summed E-state index contributed by atoms with van der Waals surface area (Å²) in [5, 5.41) is 7.00. The van der Waals surface area contributed by atoms with E-state index >= 15 is 0 Å². The SMILES string of the molecule is c1cc(OC2CCCC2)ccc1NCC1CCCNC1. The zero-order valence-electron chi connectivity index (χ0n) is 12.2. The molecule has 110 valence electrons. The molecule has 2 aliphatic rings. The maximum atomic E-state index is 5.99. The number of hydrogen-bond donors (Lipinski definition) is 2. The highest BCUT2D eigenvalue weighted by atomic mass is 16.5. The van der Waals surface area contributed by atoms with Crippen LogP contribution in [0.25, 0.3) is 0 Å². The second-order valence-corrected chi connectivity index (χ2v) is 6.14. The van der Waals surface area contributed by atoms with Gasteiger partial charge in [0.2, 0.25) is 0 Å². The quantitative estimate of drug-likeness (QED) is 0.863. The van der Waals surface area contributed by atoms with Gasteiger partial charge < -0.3 is 15.4 Å². The van der Waals surface area contributed by atoms with Crippen molar-refractivity contribution in [2.45, 2.75) is 44.6 Å². The van der Waals surface area contributed by atoms with E-state index in [0.29, 0.717) is 6.10 Å². The van der Waals surface area contributed by atoms with Crippen molar-refractivity contribution in [1.82, 2.24) is 5.32 Å². The van der Waals surface area contributed by atoms with Crippen LogP contribution in [0.15, 0.2) is 24.3 Å². The van der Waals surface area contributed by atoms with Crippen LogP contribution in [0.1, 0.15) is 38.5 Å². The topological polar surface area (TPSA) is 33.3 Å². The van der Waals surface area contributed by atoms with Crippen LogP contribution in [0.4, 0.5) is 5.69 Å². The Morgan fingerprint density at radius 2 is 1.85 bits per heavy atom. The summed E-state index contributed by atoms with van der Waals surface area (Å²) in [4.78, 5) is 0. The molecule has 2 N–H and O–H groups in total. The Kier molecular flexibility index (Phi) is 4.80. The van der Waals surface area contributed by atoms with Crippen molar-refractivity contribution in [1.29, 1.82) is 0 Å². The zero-order valence-corrected chi connectivity index (χ0v) is 12.2. The summed E-state index contributed by atoms with van der Waals surface area (Å²) < 4.78 is 5.99. The van der Waals surface area contributed by atoms with Crippen LogP contribution in [0.2, 0.25) is 0 Å². The molecule has 1 saturated carbocycles. The van der Waals surface area contributed by atoms with Crippen LogP contribution in [0.5, 0.6) is 5.75 Å². The third-order valence-corrected chi connectivity index (χ3v) is 4.45. The van der Waals surface area contributed by atoms with Crippen LogP contribution >= 0.6 is 0 Å². The largest absolute Gasteiger partial charge is 0.490 e. The minimum Gasteiger partial charge on any atom is -0.490 e. The van der Waals surface area contributed by atoms with Crippen LogP contribution in [0, 0.1) is 5.92 Å². The van der Waals surface area contributed by atoms with E-state index in [1.165, 1.54) is 50.8 Å². The molecule has 1 heterocycles. The van der Waals surface area contributed by atoms with Crippen molar-refractivity contribution in [3.05, 3.63) is 24.3 Å². The van der Waals surface area contributed by atoms with E-state index in [1.54, 1.807) is 0 Å². The normalized spacial score (nSPS) is 23.7. The summed E-state index contributed by atoms with van der Waals surface area (Å²) in [5.41, 5.74) is 1.20. The molecule has 0 amide bonds. The minimum atomic E-state index is 0.446. The number of hydrogen-bond acceptors (Lipinski definition) is 3. The summed E-state index contributed by atoms with van der Waals surface area (Å²) in [5.74, 6) is 1.78. The molecular weight excluding hydrogens is 248 g/mol. The molecule has 3 rings (SSSR count). The minimum absolute atomic E-state index is 0.446. The fourth-order valence-corrected chi connectivity index (χ4v) is 3.21. The molecule has 1 aromatic carbocycles. The lowest BCUT2D eigenvalue weighted by molar-refractivity contribution is 0.210. The molecule has 1 aliphatic carbocycles. The molecule has 1 aliphatic heterocycles. The molecule has 3 heteroatoms. The average Bonchev–Trinajstić information content (AvgIpc) is 3.01. The first-order chi connectivity index (χ1) is 9.90. The van der Waals surface area contributed by atoms with Crippen molar-refractivity contribution < 1.29 is 4.74 Å². The van der Waals surface area contributed by atoms with Crippen molar-refractivity contribution >= 4 is 5.69 Å². The Bertz CT molecular complexity index is 392. The van der Waals surface area contributed by atoms with Gasteiger partial charge in [0.15, 0.2) is 0 Å². The maximum absolute atomic E-state index is 5.99. The average molecular weight is 274 g/mol. The third kappa shape index (κ3) is 3.89. The van der Waals surface area contributed by atoms with Gasteiger partial charge in [0, 0.05) is 12.2 Å². The molecule has 20 heavy (non-hydrogen) atoms. The van der Waals surface area contributed by atoms with E-state index in [2.05, 4.69) is 34.9 Å². The second-order valence-electron chi connectivity index (χ2n) is 6.14. The number of anilines is 1. The number of rotatable bonds is 5. The fraction of sp³-hybridized carbons (Fsp3) is 0.647. The summed E-state index contributed by atoms with van der Waals surface area (Å²) in [7, 11) is 0. The Morgan fingerprint density at radius 3 is 2.55 bits per heavy atom. The van der Waals surface area contributed by atoms with E-state index in [1.807, 2.05) is 0 Å². The third-order valence-electron chi connectivity index (χ3n) is 4.45. The Hall–Kier alpha value is -1.22. The van der Waals surface area contributed by atoms with Gasteiger partial charge in [-0.3, -0.25) is 0 Å². The molecule has 1 saturated heterocycles. The molecular formula is C17H26N2O. The molecule has 2 fully saturated rings. The van der Waals surface area contributed by atoms with Gasteiger partial charge in [0.25, 0.3) is 0 Å². The first-order valence-electron chi connectivity index (χ1n) is 8.11. The molecule has 0 radical (unpaired) electrons. The highest BCUT2D eigenvalue weighted by Crippen LogP contribution is 2.25. The Labute approximate surface area is 122 Å². The first kappa shape index (κ1) is 13.7. The lowest BCUT2D eigenvalue weighted by Gasteiger charge is -2.23. The number of nitrogens with one attached hydrogen (secondary N) is 2. The predicted octanol–water partition coefficient (Wildman–Crippen LogP) is 3.42. The van der Waals surface area contributed by atoms with Crippen molar-refractivity contribution in [3.8, 4) is 5.75 Å². The Morgan fingerprint density at radius 1 is 1.05 bits per heavy atom. The van der Waals surface area contributed by atoms with E-state index in [4.69, 9.17) is 4.74 Å². The molecule has 0 spiro atoms. The fourth-order valence-electron chi connectivity index (χ4n) is 3.21. The highest BCUT2D eigenvalue weighted by molar-refractivity contribution is 5.46. The van der Waals surface area contributed by atoms with Gasteiger partial charge >= 0.3 is 0 Å². The van der Waals surface area contributed by atoms with Gasteiger partial charge in [0.1, 0.15) is 5.75 Å². The molecule has 3 nitrogen and oxygen atoms in total. The summed E-state index contributed by atoms with van der Waals surface area (Å²) in [6.45, 7) is 3.40. The van der Waals surface area contributed by atoms with Crippen LogP contribution in [-0.4, -0.2) is 25.7 Å². The zero-order chi connectivity index (χ0) is 13.6. The molecule has 1 aromatic rings. The van der Waals surface area contributed by atoms with Crippen molar-refractivity contribution in [2.24, 2.45) is 5.92 Å². The summed E-state index contributed by atoms with van der Waals surface area (Å²) in [6, 6.07) is 8.47. The number of benzene rings is 1. The monoisotopic (exact) mass is 274 g/mol. The van der Waals surface area contributed by atoms with Gasteiger partial charge in [0.05, 0.1) is 6.10 Å². The van der Waals surface area contributed by atoms with Gasteiger partial charge in [-0.1, -0.05) is 0 Å². The standard InChI is InChI=1S/C17H26N2O/c1-2-6-16(5-1)20-17-9-7-15(8-10-17)19-13-14-4-3-11-18-12-14/h7-10,14,16,18-19H,1-6,11-13H2. The second kappa shape index (κ2) is 6.98. The maximum Gasteiger partial charge on any atom is 0.119 e. The molecule has 1 unspecified atom stereocenters. The lowest BCUT2D eigenvalue weighted by atomic mass is 10.00. The van der Waals surface area contributed by atoms with E-state index in [0.717, 1.165) is 24.8 Å². The van der Waals surface area contributed by atoms with E-state index in [-0.39, 0.29) is 0 Å². The Balaban J connectivity index is 1.45. The van der Waals surface area contributed by atoms with Crippen LogP contribution < -0.4 is 15.4 Å². The smallest absolute Gasteiger partial charge is 0.119 e. The van der Waals surface area contributed by atoms with Crippen molar-refractivity contribution in [2.75, 3.05) is 25.0 Å². The van der Waals surface area contributed by atoms with Crippen LogP contribution in [-0.2, 0) is 0 Å². The van der Waals surface area contributed by atoms with Crippen LogP contribution in [0.3, 0.4) is 0 Å². The number of ether oxygens (including phenoxy) is 1. The molecule has 1 atom stereocenters. The summed E-state index contributed by atoms with van der Waals surface area (Å²) in [6.07, 6.45) is 8.16. The van der Waals surface area contributed by atoms with Gasteiger partial charge in [-0.25, -0.2) is 0 Å². The molecule has 0 aromatic heterocycles.